The minimum absolute atomic E-state index is 0.223. The van der Waals surface area contributed by atoms with Gasteiger partial charge >= 0.3 is 6.03 Å². The van der Waals surface area contributed by atoms with Crippen LogP contribution in [0.1, 0.15) is 16.7 Å². The molecule has 5 nitrogen and oxygen atoms in total. The van der Waals surface area contributed by atoms with Gasteiger partial charge < -0.3 is 20.1 Å². The van der Waals surface area contributed by atoms with E-state index in [1.165, 1.54) is 5.56 Å². The second kappa shape index (κ2) is 5.83. The number of amides is 2. The molecule has 0 radical (unpaired) electrons. The SMILES string of the molecule is O=C(NCc1c2c(cc3c1OCC3)OCC2)Nc1ccccc1. The molecule has 5 heteroatoms. The summed E-state index contributed by atoms with van der Waals surface area (Å²) < 4.78 is 11.5. The molecule has 0 saturated heterocycles. The highest BCUT2D eigenvalue weighted by molar-refractivity contribution is 5.89. The van der Waals surface area contributed by atoms with E-state index >= 15 is 0 Å². The maximum Gasteiger partial charge on any atom is 0.319 e. The Morgan fingerprint density at radius 3 is 2.78 bits per heavy atom. The standard InChI is InChI=1S/C18H18N2O3/c21-18(20-13-4-2-1-3-5-13)19-11-15-14-7-9-22-16(14)10-12-6-8-23-17(12)15/h1-5,10H,6-9,11H2,(H2,19,20,21). The van der Waals surface area contributed by atoms with Gasteiger partial charge in [-0.15, -0.1) is 0 Å². The molecule has 0 fully saturated rings. The average Bonchev–Trinajstić information content (AvgIpc) is 3.21. The molecule has 0 aliphatic carbocycles. The quantitative estimate of drug-likeness (QED) is 0.916. The number of urea groups is 1. The van der Waals surface area contributed by atoms with E-state index in [-0.39, 0.29) is 6.03 Å². The van der Waals surface area contributed by atoms with Crippen LogP contribution in [0.5, 0.6) is 11.5 Å². The third kappa shape index (κ3) is 2.70. The smallest absolute Gasteiger partial charge is 0.319 e. The fraction of sp³-hybridized carbons (Fsp3) is 0.278. The van der Waals surface area contributed by atoms with Gasteiger partial charge in [-0.2, -0.15) is 0 Å². The van der Waals surface area contributed by atoms with Crippen molar-refractivity contribution in [2.45, 2.75) is 19.4 Å². The maximum absolute atomic E-state index is 12.1. The topological polar surface area (TPSA) is 59.6 Å². The highest BCUT2D eigenvalue weighted by Crippen LogP contribution is 2.40. The second-order valence-corrected chi connectivity index (χ2v) is 5.69. The number of benzene rings is 2. The van der Waals surface area contributed by atoms with E-state index in [1.807, 2.05) is 30.3 Å². The van der Waals surface area contributed by atoms with Gasteiger partial charge in [0.15, 0.2) is 0 Å². The minimum atomic E-state index is -0.223. The van der Waals surface area contributed by atoms with Crippen molar-refractivity contribution in [1.29, 1.82) is 0 Å². The first-order chi connectivity index (χ1) is 11.3. The van der Waals surface area contributed by atoms with E-state index in [9.17, 15) is 4.79 Å². The predicted octanol–water partition coefficient (Wildman–Crippen LogP) is 2.88. The summed E-state index contributed by atoms with van der Waals surface area (Å²) in [6.07, 6.45) is 1.76. The maximum atomic E-state index is 12.1. The molecule has 0 aromatic heterocycles. The van der Waals surface area contributed by atoms with Crippen LogP contribution in [-0.2, 0) is 19.4 Å². The number of ether oxygens (including phenoxy) is 2. The summed E-state index contributed by atoms with van der Waals surface area (Å²) in [4.78, 5) is 12.1. The van der Waals surface area contributed by atoms with Gasteiger partial charge in [-0.05, 0) is 18.2 Å². The number of carbonyl (C=O) groups is 1. The van der Waals surface area contributed by atoms with Crippen LogP contribution in [0.4, 0.5) is 10.5 Å². The third-order valence-corrected chi connectivity index (χ3v) is 4.22. The molecule has 2 amide bonds. The number of rotatable bonds is 3. The van der Waals surface area contributed by atoms with Crippen LogP contribution in [0, 0.1) is 0 Å². The average molecular weight is 310 g/mol. The number of hydrogen-bond acceptors (Lipinski definition) is 3. The van der Waals surface area contributed by atoms with Crippen LogP contribution >= 0.6 is 0 Å². The van der Waals surface area contributed by atoms with Crippen molar-refractivity contribution >= 4 is 11.7 Å². The third-order valence-electron chi connectivity index (χ3n) is 4.22. The zero-order chi connectivity index (χ0) is 15.6. The lowest BCUT2D eigenvalue weighted by molar-refractivity contribution is 0.251. The second-order valence-electron chi connectivity index (χ2n) is 5.69. The number of anilines is 1. The van der Waals surface area contributed by atoms with E-state index in [0.717, 1.165) is 41.2 Å². The van der Waals surface area contributed by atoms with Crippen LogP contribution in [0.15, 0.2) is 36.4 Å². The van der Waals surface area contributed by atoms with Crippen LogP contribution in [0.2, 0.25) is 0 Å². The number of para-hydroxylation sites is 1. The van der Waals surface area contributed by atoms with Crippen LogP contribution in [-0.4, -0.2) is 19.2 Å². The van der Waals surface area contributed by atoms with Gasteiger partial charge in [0.05, 0.1) is 13.2 Å². The Morgan fingerprint density at radius 2 is 1.91 bits per heavy atom. The first kappa shape index (κ1) is 13.9. The van der Waals surface area contributed by atoms with Crippen LogP contribution < -0.4 is 20.1 Å². The Balaban J connectivity index is 1.50. The minimum Gasteiger partial charge on any atom is -0.493 e. The molecule has 4 rings (SSSR count). The van der Waals surface area contributed by atoms with Gasteiger partial charge in [0.2, 0.25) is 0 Å². The molecule has 2 heterocycles. The van der Waals surface area contributed by atoms with Crippen LogP contribution in [0.25, 0.3) is 0 Å². The molecule has 118 valence electrons. The summed E-state index contributed by atoms with van der Waals surface area (Å²) in [5.74, 6) is 1.86. The van der Waals surface area contributed by atoms with E-state index < -0.39 is 0 Å². The van der Waals surface area contributed by atoms with Gasteiger partial charge in [-0.1, -0.05) is 18.2 Å². The Labute approximate surface area is 134 Å². The fourth-order valence-corrected chi connectivity index (χ4v) is 3.14. The Morgan fingerprint density at radius 1 is 1.09 bits per heavy atom. The monoisotopic (exact) mass is 310 g/mol. The molecule has 2 aromatic rings. The van der Waals surface area contributed by atoms with E-state index in [2.05, 4.69) is 16.7 Å². The predicted molar refractivity (Wildman–Crippen MR) is 87.1 cm³/mol. The van der Waals surface area contributed by atoms with Crippen LogP contribution in [0.3, 0.4) is 0 Å². The summed E-state index contributed by atoms with van der Waals surface area (Å²) in [5, 5.41) is 5.75. The Hall–Kier alpha value is -2.69. The number of fused-ring (bicyclic) bond motifs is 2. The molecule has 2 N–H and O–H groups in total. The van der Waals surface area contributed by atoms with E-state index in [4.69, 9.17) is 9.47 Å². The van der Waals surface area contributed by atoms with Gasteiger partial charge in [0.1, 0.15) is 11.5 Å². The molecule has 0 bridgehead atoms. The molecular weight excluding hydrogens is 292 g/mol. The summed E-state index contributed by atoms with van der Waals surface area (Å²) in [6.45, 7) is 1.83. The Kier molecular flexibility index (Phi) is 3.54. The first-order valence-electron chi connectivity index (χ1n) is 7.84. The number of hydrogen-bond donors (Lipinski definition) is 2. The molecule has 23 heavy (non-hydrogen) atoms. The van der Waals surface area contributed by atoms with E-state index in [1.54, 1.807) is 0 Å². The lowest BCUT2D eigenvalue weighted by Crippen LogP contribution is -2.28. The zero-order valence-corrected chi connectivity index (χ0v) is 12.7. The number of nitrogens with one attached hydrogen (secondary N) is 2. The molecule has 2 aliphatic rings. The fourth-order valence-electron chi connectivity index (χ4n) is 3.14. The van der Waals surface area contributed by atoms with Crippen molar-refractivity contribution in [3.05, 3.63) is 53.1 Å². The molecule has 0 spiro atoms. The zero-order valence-electron chi connectivity index (χ0n) is 12.7. The van der Waals surface area contributed by atoms with E-state index in [0.29, 0.717) is 19.8 Å². The highest BCUT2D eigenvalue weighted by atomic mass is 16.5. The van der Waals surface area contributed by atoms with Crippen molar-refractivity contribution in [3.8, 4) is 11.5 Å². The first-order valence-corrected chi connectivity index (χ1v) is 7.84. The largest absolute Gasteiger partial charge is 0.493 e. The Bertz CT molecular complexity index is 711. The van der Waals surface area contributed by atoms with Crippen molar-refractivity contribution in [2.75, 3.05) is 18.5 Å². The molecule has 0 unspecified atom stereocenters. The van der Waals surface area contributed by atoms with Crippen molar-refractivity contribution < 1.29 is 14.3 Å². The molecule has 2 aliphatic heterocycles. The van der Waals surface area contributed by atoms with Gasteiger partial charge in [-0.3, -0.25) is 0 Å². The van der Waals surface area contributed by atoms with Gasteiger partial charge in [0.25, 0.3) is 0 Å². The van der Waals surface area contributed by atoms with Crippen molar-refractivity contribution in [3.63, 3.8) is 0 Å². The van der Waals surface area contributed by atoms with Crippen molar-refractivity contribution in [2.24, 2.45) is 0 Å². The van der Waals surface area contributed by atoms with Crippen molar-refractivity contribution in [1.82, 2.24) is 5.32 Å². The summed E-state index contributed by atoms with van der Waals surface area (Å²) in [5.41, 5.74) is 4.15. The lowest BCUT2D eigenvalue weighted by atomic mass is 9.99. The molecule has 0 atom stereocenters. The summed E-state index contributed by atoms with van der Waals surface area (Å²) >= 11 is 0. The normalized spacial score (nSPS) is 14.4. The number of carbonyl (C=O) groups excluding carboxylic acids is 1. The van der Waals surface area contributed by atoms with Gasteiger partial charge in [0, 0.05) is 41.8 Å². The highest BCUT2D eigenvalue weighted by Gasteiger charge is 2.26. The molecular formula is C18H18N2O3. The molecule has 0 saturated carbocycles. The summed E-state index contributed by atoms with van der Waals surface area (Å²) in [6, 6.07) is 11.3. The lowest BCUT2D eigenvalue weighted by Gasteiger charge is -2.14. The summed E-state index contributed by atoms with van der Waals surface area (Å²) in [7, 11) is 0. The molecule has 2 aromatic carbocycles. The van der Waals surface area contributed by atoms with Gasteiger partial charge in [-0.25, -0.2) is 4.79 Å².